The van der Waals surface area contributed by atoms with Gasteiger partial charge in [0.15, 0.2) is 5.65 Å². The summed E-state index contributed by atoms with van der Waals surface area (Å²) in [6.45, 7) is 8.02. The zero-order valence-corrected chi connectivity index (χ0v) is 18.9. The molecule has 1 fully saturated rings. The van der Waals surface area contributed by atoms with Gasteiger partial charge in [0, 0.05) is 30.8 Å². The number of rotatable bonds is 6. The standard InChI is InChI=1S/C23H28ClN5O2/c1-4-29-22-19(13-25-29)21(28-18-9-11-31-12-10-18)20(15(3)26-22)23(30)27-14(2)16-5-7-17(24)8-6-16/h5-8,13-14,18H,4,9-12H2,1-3H3,(H,26,28)(H,27,30). The first-order valence-corrected chi connectivity index (χ1v) is 11.1. The smallest absolute Gasteiger partial charge is 0.255 e. The van der Waals surface area contributed by atoms with Gasteiger partial charge in [-0.1, -0.05) is 23.7 Å². The van der Waals surface area contributed by atoms with Gasteiger partial charge in [-0.2, -0.15) is 5.10 Å². The zero-order valence-electron chi connectivity index (χ0n) is 18.1. The Bertz CT molecular complexity index is 1070. The van der Waals surface area contributed by atoms with E-state index in [0.717, 1.165) is 35.1 Å². The first kappa shape index (κ1) is 21.6. The maximum Gasteiger partial charge on any atom is 0.255 e. The van der Waals surface area contributed by atoms with Gasteiger partial charge in [-0.25, -0.2) is 9.67 Å². The number of amides is 1. The summed E-state index contributed by atoms with van der Waals surface area (Å²) in [5.41, 5.74) is 3.82. The highest BCUT2D eigenvalue weighted by atomic mass is 35.5. The molecule has 1 amide bonds. The summed E-state index contributed by atoms with van der Waals surface area (Å²) in [4.78, 5) is 18.2. The number of ether oxygens (including phenoxy) is 1. The van der Waals surface area contributed by atoms with Crippen LogP contribution in [0.1, 0.15) is 54.3 Å². The van der Waals surface area contributed by atoms with E-state index in [2.05, 4.69) is 15.7 Å². The molecule has 0 radical (unpaired) electrons. The van der Waals surface area contributed by atoms with E-state index in [9.17, 15) is 4.79 Å². The summed E-state index contributed by atoms with van der Waals surface area (Å²) in [6.07, 6.45) is 3.59. The van der Waals surface area contributed by atoms with Crippen LogP contribution in [-0.2, 0) is 11.3 Å². The molecule has 3 aromatic rings. The van der Waals surface area contributed by atoms with E-state index in [0.29, 0.717) is 36.0 Å². The van der Waals surface area contributed by atoms with Crippen molar-refractivity contribution in [1.82, 2.24) is 20.1 Å². The van der Waals surface area contributed by atoms with Crippen molar-refractivity contribution in [2.45, 2.75) is 52.2 Å². The number of anilines is 1. The fourth-order valence-electron chi connectivity index (χ4n) is 4.01. The van der Waals surface area contributed by atoms with E-state index in [1.807, 2.05) is 49.7 Å². The van der Waals surface area contributed by atoms with Gasteiger partial charge in [-0.15, -0.1) is 0 Å². The molecule has 0 bridgehead atoms. The van der Waals surface area contributed by atoms with Crippen molar-refractivity contribution in [1.29, 1.82) is 0 Å². The number of nitrogens with one attached hydrogen (secondary N) is 2. The number of benzene rings is 1. The highest BCUT2D eigenvalue weighted by molar-refractivity contribution is 6.30. The average molecular weight is 442 g/mol. The molecule has 2 N–H and O–H groups in total. The van der Waals surface area contributed by atoms with Gasteiger partial charge in [0.25, 0.3) is 5.91 Å². The number of fused-ring (bicyclic) bond motifs is 1. The van der Waals surface area contributed by atoms with Gasteiger partial charge in [0.05, 0.1) is 34.6 Å². The van der Waals surface area contributed by atoms with Crippen LogP contribution in [0.25, 0.3) is 11.0 Å². The van der Waals surface area contributed by atoms with Crippen LogP contribution in [0, 0.1) is 6.92 Å². The number of hydrogen-bond donors (Lipinski definition) is 2. The average Bonchev–Trinajstić information content (AvgIpc) is 3.17. The van der Waals surface area contributed by atoms with E-state index in [-0.39, 0.29) is 18.0 Å². The van der Waals surface area contributed by atoms with Crippen LogP contribution < -0.4 is 10.6 Å². The lowest BCUT2D eigenvalue weighted by molar-refractivity contribution is 0.0903. The van der Waals surface area contributed by atoms with E-state index < -0.39 is 0 Å². The maximum absolute atomic E-state index is 13.4. The van der Waals surface area contributed by atoms with Crippen LogP contribution in [-0.4, -0.2) is 39.9 Å². The molecule has 31 heavy (non-hydrogen) atoms. The third-order valence-corrected chi connectivity index (χ3v) is 6.03. The van der Waals surface area contributed by atoms with Gasteiger partial charge >= 0.3 is 0 Å². The quantitative estimate of drug-likeness (QED) is 0.588. The number of hydrogen-bond acceptors (Lipinski definition) is 5. The minimum atomic E-state index is -0.172. The van der Waals surface area contributed by atoms with Crippen molar-refractivity contribution < 1.29 is 9.53 Å². The monoisotopic (exact) mass is 441 g/mol. The van der Waals surface area contributed by atoms with Crippen molar-refractivity contribution in [3.8, 4) is 0 Å². The lowest BCUT2D eigenvalue weighted by Gasteiger charge is -2.26. The molecule has 1 aliphatic heterocycles. The molecular formula is C23H28ClN5O2. The molecule has 8 heteroatoms. The van der Waals surface area contributed by atoms with Crippen molar-refractivity contribution in [3.05, 3.63) is 52.3 Å². The highest BCUT2D eigenvalue weighted by Crippen LogP contribution is 2.31. The number of carbonyl (C=O) groups excluding carboxylic acids is 1. The van der Waals surface area contributed by atoms with Crippen LogP contribution in [0.3, 0.4) is 0 Å². The van der Waals surface area contributed by atoms with E-state index in [1.54, 1.807) is 6.20 Å². The minimum absolute atomic E-state index is 0.159. The van der Waals surface area contributed by atoms with Crippen LogP contribution in [0.2, 0.25) is 5.02 Å². The molecule has 0 saturated carbocycles. The SMILES string of the molecule is CCn1ncc2c(NC3CCOCC3)c(C(=O)NC(C)c3ccc(Cl)cc3)c(C)nc21. The van der Waals surface area contributed by atoms with Gasteiger partial charge in [-0.05, 0) is 51.3 Å². The predicted octanol–water partition coefficient (Wildman–Crippen LogP) is 4.49. The van der Waals surface area contributed by atoms with Gasteiger partial charge in [0.1, 0.15) is 0 Å². The molecule has 1 aliphatic rings. The molecule has 1 aromatic carbocycles. The molecule has 3 heterocycles. The van der Waals surface area contributed by atoms with Crippen LogP contribution in [0.4, 0.5) is 5.69 Å². The number of halogens is 1. The minimum Gasteiger partial charge on any atom is -0.381 e. The van der Waals surface area contributed by atoms with E-state index >= 15 is 0 Å². The Morgan fingerprint density at radius 3 is 2.68 bits per heavy atom. The van der Waals surface area contributed by atoms with Crippen molar-refractivity contribution in [3.63, 3.8) is 0 Å². The second kappa shape index (κ2) is 9.24. The second-order valence-electron chi connectivity index (χ2n) is 7.92. The Morgan fingerprint density at radius 2 is 2.00 bits per heavy atom. The fraction of sp³-hybridized carbons (Fsp3) is 0.435. The number of nitrogens with zero attached hydrogens (tertiary/aromatic N) is 3. The molecule has 0 aliphatic carbocycles. The lowest BCUT2D eigenvalue weighted by Crippen LogP contribution is -2.32. The maximum atomic E-state index is 13.4. The number of aryl methyl sites for hydroxylation is 2. The zero-order chi connectivity index (χ0) is 22.0. The number of pyridine rings is 1. The van der Waals surface area contributed by atoms with E-state index in [4.69, 9.17) is 21.3 Å². The molecule has 4 rings (SSSR count). The Kier molecular flexibility index (Phi) is 6.43. The lowest BCUT2D eigenvalue weighted by atomic mass is 10.0. The normalized spacial score (nSPS) is 15.7. The van der Waals surface area contributed by atoms with Gasteiger partial charge < -0.3 is 15.4 Å². The van der Waals surface area contributed by atoms with Gasteiger partial charge in [0.2, 0.25) is 0 Å². The van der Waals surface area contributed by atoms with Crippen molar-refractivity contribution >= 4 is 34.2 Å². The topological polar surface area (TPSA) is 81.1 Å². The third-order valence-electron chi connectivity index (χ3n) is 5.78. The summed E-state index contributed by atoms with van der Waals surface area (Å²) >= 11 is 6.00. The molecule has 164 valence electrons. The van der Waals surface area contributed by atoms with Crippen LogP contribution >= 0.6 is 11.6 Å². The molecule has 1 unspecified atom stereocenters. The van der Waals surface area contributed by atoms with Crippen molar-refractivity contribution in [2.75, 3.05) is 18.5 Å². The Balaban J connectivity index is 1.70. The fourth-order valence-corrected chi connectivity index (χ4v) is 4.14. The number of aromatic nitrogens is 3. The van der Waals surface area contributed by atoms with Crippen LogP contribution in [0.5, 0.6) is 0 Å². The first-order chi connectivity index (χ1) is 15.0. The third kappa shape index (κ3) is 4.52. The molecule has 2 aromatic heterocycles. The second-order valence-corrected chi connectivity index (χ2v) is 8.36. The molecular weight excluding hydrogens is 414 g/mol. The summed E-state index contributed by atoms with van der Waals surface area (Å²) < 4.78 is 7.36. The first-order valence-electron chi connectivity index (χ1n) is 10.7. The largest absolute Gasteiger partial charge is 0.381 e. The summed E-state index contributed by atoms with van der Waals surface area (Å²) in [7, 11) is 0. The Morgan fingerprint density at radius 1 is 1.29 bits per heavy atom. The number of carbonyl (C=O) groups is 1. The molecule has 0 spiro atoms. The molecule has 1 saturated heterocycles. The Hall–Kier alpha value is -2.64. The van der Waals surface area contributed by atoms with Gasteiger partial charge in [-0.3, -0.25) is 4.79 Å². The Labute approximate surface area is 187 Å². The summed E-state index contributed by atoms with van der Waals surface area (Å²) in [6, 6.07) is 7.58. The van der Waals surface area contributed by atoms with Crippen molar-refractivity contribution in [2.24, 2.45) is 0 Å². The van der Waals surface area contributed by atoms with Crippen LogP contribution in [0.15, 0.2) is 30.5 Å². The predicted molar refractivity (Wildman–Crippen MR) is 123 cm³/mol. The summed E-state index contributed by atoms with van der Waals surface area (Å²) in [5, 5.41) is 12.7. The molecule has 1 atom stereocenters. The summed E-state index contributed by atoms with van der Waals surface area (Å²) in [5.74, 6) is -0.159. The highest BCUT2D eigenvalue weighted by Gasteiger charge is 2.25. The molecule has 7 nitrogen and oxygen atoms in total. The van der Waals surface area contributed by atoms with E-state index in [1.165, 1.54) is 0 Å².